The second kappa shape index (κ2) is 8.44. The lowest BCUT2D eigenvalue weighted by molar-refractivity contribution is 0.102. The Morgan fingerprint density at radius 3 is 2.30 bits per heavy atom. The predicted molar refractivity (Wildman–Crippen MR) is 124 cm³/mol. The molecule has 0 bridgehead atoms. The number of sulfone groups is 1. The average molecular weight is 464 g/mol. The first kappa shape index (κ1) is 22.1. The summed E-state index contributed by atoms with van der Waals surface area (Å²) < 4.78 is 31.1. The number of aryl methyl sites for hydroxylation is 1. The molecule has 168 valence electrons. The molecule has 3 N–H and O–H groups in total. The maximum atomic E-state index is 13.0. The van der Waals surface area contributed by atoms with Gasteiger partial charge in [0.2, 0.25) is 9.84 Å². The van der Waals surface area contributed by atoms with Crippen molar-refractivity contribution < 1.29 is 23.1 Å². The molecule has 0 atom stereocenters. The fourth-order valence-corrected chi connectivity index (χ4v) is 4.76. The van der Waals surface area contributed by atoms with E-state index in [2.05, 4.69) is 10.3 Å². The summed E-state index contributed by atoms with van der Waals surface area (Å²) in [5.41, 5.74) is 1.01. The number of aromatic amines is 1. The number of hydrogen-bond donors (Lipinski definition) is 3. The number of benzene rings is 3. The standard InChI is InChI=1S/C24H20N2O6S/c1-14-3-6-16(7-4-14)25-23(28)15-5-12-19-20(13-15)26-24(29)22(21(19)27)33(30,31)18-10-8-17(32-2)9-11-18/h3-13H,1-2H3,(H,25,28)(H2,26,27,29). The Balaban J connectivity index is 1.73. The van der Waals surface area contributed by atoms with Gasteiger partial charge in [-0.3, -0.25) is 9.59 Å². The van der Waals surface area contributed by atoms with Crippen LogP contribution in [0.5, 0.6) is 11.5 Å². The second-order valence-electron chi connectivity index (χ2n) is 7.39. The van der Waals surface area contributed by atoms with Crippen LogP contribution < -0.4 is 15.6 Å². The van der Waals surface area contributed by atoms with Crippen molar-refractivity contribution in [2.24, 2.45) is 0 Å². The zero-order valence-corrected chi connectivity index (χ0v) is 18.6. The maximum absolute atomic E-state index is 13.0. The van der Waals surface area contributed by atoms with E-state index >= 15 is 0 Å². The molecule has 9 heteroatoms. The lowest BCUT2D eigenvalue weighted by atomic mass is 10.1. The van der Waals surface area contributed by atoms with Crippen molar-refractivity contribution in [2.75, 3.05) is 12.4 Å². The second-order valence-corrected chi connectivity index (χ2v) is 9.28. The minimum absolute atomic E-state index is 0.0913. The molecule has 3 aromatic carbocycles. The minimum atomic E-state index is -4.32. The summed E-state index contributed by atoms with van der Waals surface area (Å²) in [5.74, 6) is -0.659. The molecule has 0 aliphatic heterocycles. The molecule has 1 amide bonds. The molecule has 0 saturated heterocycles. The number of carbonyl (C=O) groups excluding carboxylic acids is 1. The molecular weight excluding hydrogens is 444 g/mol. The van der Waals surface area contributed by atoms with Gasteiger partial charge in [-0.05, 0) is 61.5 Å². The smallest absolute Gasteiger partial charge is 0.271 e. The number of ether oxygens (including phenoxy) is 1. The Hall–Kier alpha value is -4.11. The van der Waals surface area contributed by atoms with Crippen molar-refractivity contribution in [1.29, 1.82) is 0 Å². The molecule has 1 heterocycles. The SMILES string of the molecule is COc1ccc(S(=O)(=O)c2c(O)c3ccc(C(=O)Nc4ccc(C)cc4)cc3[nH]c2=O)cc1. The van der Waals surface area contributed by atoms with Crippen LogP contribution in [0, 0.1) is 6.92 Å². The molecule has 0 unspecified atom stereocenters. The van der Waals surface area contributed by atoms with Crippen LogP contribution in [0.1, 0.15) is 15.9 Å². The summed E-state index contributed by atoms with van der Waals surface area (Å²) in [6.07, 6.45) is 0. The van der Waals surface area contributed by atoms with Crippen LogP contribution in [0.2, 0.25) is 0 Å². The summed E-state index contributed by atoms with van der Waals surface area (Å²) in [7, 11) is -2.87. The summed E-state index contributed by atoms with van der Waals surface area (Å²) in [4.78, 5) is 26.8. The summed E-state index contributed by atoms with van der Waals surface area (Å²) >= 11 is 0. The number of aromatic nitrogens is 1. The normalized spacial score (nSPS) is 11.3. The lowest BCUT2D eigenvalue weighted by Crippen LogP contribution is -2.19. The van der Waals surface area contributed by atoms with Crippen molar-refractivity contribution in [3.8, 4) is 11.5 Å². The number of fused-ring (bicyclic) bond motifs is 1. The van der Waals surface area contributed by atoms with Gasteiger partial charge in [-0.2, -0.15) is 0 Å². The molecule has 4 aromatic rings. The van der Waals surface area contributed by atoms with Gasteiger partial charge in [0.05, 0.1) is 17.5 Å². The van der Waals surface area contributed by atoms with Crippen LogP contribution in [-0.4, -0.2) is 31.5 Å². The largest absolute Gasteiger partial charge is 0.506 e. The molecule has 8 nitrogen and oxygen atoms in total. The molecular formula is C24H20N2O6S. The van der Waals surface area contributed by atoms with Crippen molar-refractivity contribution in [2.45, 2.75) is 16.7 Å². The first-order chi connectivity index (χ1) is 15.7. The Bertz CT molecular complexity index is 1520. The van der Waals surface area contributed by atoms with Crippen LogP contribution in [0.25, 0.3) is 10.9 Å². The monoisotopic (exact) mass is 464 g/mol. The van der Waals surface area contributed by atoms with E-state index < -0.39 is 31.9 Å². The van der Waals surface area contributed by atoms with Crippen molar-refractivity contribution in [3.05, 3.63) is 88.2 Å². The van der Waals surface area contributed by atoms with E-state index in [1.807, 2.05) is 19.1 Å². The number of hydrogen-bond acceptors (Lipinski definition) is 6. The highest BCUT2D eigenvalue weighted by Crippen LogP contribution is 2.32. The van der Waals surface area contributed by atoms with Crippen LogP contribution in [0.4, 0.5) is 5.69 Å². The van der Waals surface area contributed by atoms with Crippen molar-refractivity contribution >= 4 is 32.3 Å². The van der Waals surface area contributed by atoms with Crippen molar-refractivity contribution in [1.82, 2.24) is 4.98 Å². The van der Waals surface area contributed by atoms with Gasteiger partial charge in [-0.25, -0.2) is 8.42 Å². The topological polar surface area (TPSA) is 126 Å². The molecule has 4 rings (SSSR count). The number of amides is 1. The van der Waals surface area contributed by atoms with Gasteiger partial charge in [0.15, 0.2) is 4.90 Å². The molecule has 0 fully saturated rings. The Morgan fingerprint density at radius 1 is 1.00 bits per heavy atom. The summed E-state index contributed by atoms with van der Waals surface area (Å²) in [6, 6.07) is 16.9. The number of anilines is 1. The summed E-state index contributed by atoms with van der Waals surface area (Å²) in [5, 5.41) is 13.5. The zero-order chi connectivity index (χ0) is 23.8. The number of methoxy groups -OCH3 is 1. The van der Waals surface area contributed by atoms with E-state index in [-0.39, 0.29) is 21.4 Å². The fourth-order valence-electron chi connectivity index (χ4n) is 3.37. The van der Waals surface area contributed by atoms with E-state index in [4.69, 9.17) is 4.74 Å². The first-order valence-corrected chi connectivity index (χ1v) is 11.3. The van der Waals surface area contributed by atoms with Gasteiger partial charge < -0.3 is 20.1 Å². The highest BCUT2D eigenvalue weighted by Gasteiger charge is 2.27. The molecule has 0 radical (unpaired) electrons. The van der Waals surface area contributed by atoms with Crippen LogP contribution in [0.3, 0.4) is 0 Å². The van der Waals surface area contributed by atoms with E-state index in [9.17, 15) is 23.1 Å². The third-order valence-electron chi connectivity index (χ3n) is 5.15. The van der Waals surface area contributed by atoms with Crippen LogP contribution in [0.15, 0.2) is 81.3 Å². The van der Waals surface area contributed by atoms with Gasteiger partial charge in [0.1, 0.15) is 11.5 Å². The van der Waals surface area contributed by atoms with Crippen molar-refractivity contribution in [3.63, 3.8) is 0 Å². The highest BCUT2D eigenvalue weighted by molar-refractivity contribution is 7.91. The van der Waals surface area contributed by atoms with Gasteiger partial charge in [-0.1, -0.05) is 17.7 Å². The van der Waals surface area contributed by atoms with E-state index in [1.165, 1.54) is 49.6 Å². The molecule has 1 aromatic heterocycles. The van der Waals surface area contributed by atoms with E-state index in [0.29, 0.717) is 11.4 Å². The molecule has 0 spiro atoms. The van der Waals surface area contributed by atoms with Gasteiger partial charge in [0.25, 0.3) is 11.5 Å². The molecule has 33 heavy (non-hydrogen) atoms. The highest BCUT2D eigenvalue weighted by atomic mass is 32.2. The predicted octanol–water partition coefficient (Wildman–Crippen LogP) is 3.64. The molecule has 0 aliphatic rings. The van der Waals surface area contributed by atoms with E-state index in [0.717, 1.165) is 5.56 Å². The zero-order valence-electron chi connectivity index (χ0n) is 17.7. The molecule has 0 aliphatic carbocycles. The molecule has 0 saturated carbocycles. The van der Waals surface area contributed by atoms with Gasteiger partial charge in [0, 0.05) is 16.6 Å². The Morgan fingerprint density at radius 2 is 1.67 bits per heavy atom. The average Bonchev–Trinajstić information content (AvgIpc) is 2.80. The summed E-state index contributed by atoms with van der Waals surface area (Å²) in [6.45, 7) is 1.93. The van der Waals surface area contributed by atoms with E-state index in [1.54, 1.807) is 12.1 Å². The maximum Gasteiger partial charge on any atom is 0.271 e. The first-order valence-electron chi connectivity index (χ1n) is 9.87. The number of aromatic hydroxyl groups is 1. The number of H-pyrrole nitrogens is 1. The number of pyridine rings is 1. The quantitative estimate of drug-likeness (QED) is 0.414. The number of nitrogens with one attached hydrogen (secondary N) is 2. The fraction of sp³-hybridized carbons (Fsp3) is 0.0833. The minimum Gasteiger partial charge on any atom is -0.506 e. The Labute approximate surface area is 189 Å². The lowest BCUT2D eigenvalue weighted by Gasteiger charge is -2.11. The van der Waals surface area contributed by atoms with Crippen LogP contribution >= 0.6 is 0 Å². The number of carbonyl (C=O) groups is 1. The Kier molecular flexibility index (Phi) is 5.65. The van der Waals surface area contributed by atoms with Gasteiger partial charge >= 0.3 is 0 Å². The third-order valence-corrected chi connectivity index (χ3v) is 6.96. The van der Waals surface area contributed by atoms with Crippen LogP contribution in [-0.2, 0) is 9.84 Å². The number of rotatable bonds is 5. The van der Waals surface area contributed by atoms with Gasteiger partial charge in [-0.15, -0.1) is 0 Å². The third kappa shape index (κ3) is 4.18.